The molecular formula is C18H17ClFN3OS. The number of carbonyl (C=O) groups excluding carboxylic acids is 1. The van der Waals surface area contributed by atoms with Crippen LogP contribution in [0, 0.1) is 5.82 Å². The van der Waals surface area contributed by atoms with Gasteiger partial charge in [0.15, 0.2) is 5.13 Å². The molecule has 3 aromatic rings. The van der Waals surface area contributed by atoms with Crippen LogP contribution in [0.2, 0.25) is 5.02 Å². The molecule has 4 nitrogen and oxygen atoms in total. The Hall–Kier alpha value is -2.02. The van der Waals surface area contributed by atoms with E-state index in [1.54, 1.807) is 35.2 Å². The molecule has 0 aliphatic carbocycles. The van der Waals surface area contributed by atoms with Gasteiger partial charge in [-0.15, -0.1) is 0 Å². The molecule has 130 valence electrons. The Morgan fingerprint density at radius 3 is 2.56 bits per heavy atom. The molecule has 0 fully saturated rings. The number of thiazole rings is 1. The van der Waals surface area contributed by atoms with Crippen LogP contribution in [-0.2, 0) is 0 Å². The maximum absolute atomic E-state index is 13.4. The number of aromatic nitrogens is 1. The summed E-state index contributed by atoms with van der Waals surface area (Å²) in [6.07, 6.45) is 0. The second-order valence-corrected chi connectivity index (χ2v) is 7.32. The van der Waals surface area contributed by atoms with Crippen molar-refractivity contribution in [1.29, 1.82) is 0 Å². The van der Waals surface area contributed by atoms with Crippen LogP contribution in [0.25, 0.3) is 10.2 Å². The third-order valence-corrected chi connectivity index (χ3v) is 4.97. The van der Waals surface area contributed by atoms with Gasteiger partial charge in [-0.05, 0) is 56.6 Å². The van der Waals surface area contributed by atoms with Crippen molar-refractivity contribution in [1.82, 2.24) is 9.88 Å². The number of amides is 1. The van der Waals surface area contributed by atoms with E-state index in [4.69, 9.17) is 11.6 Å². The first-order chi connectivity index (χ1) is 11.9. The van der Waals surface area contributed by atoms with E-state index < -0.39 is 0 Å². The molecular weight excluding hydrogens is 361 g/mol. The first-order valence-corrected chi connectivity index (χ1v) is 8.92. The van der Waals surface area contributed by atoms with E-state index in [2.05, 4.69) is 4.98 Å². The predicted molar refractivity (Wildman–Crippen MR) is 101 cm³/mol. The summed E-state index contributed by atoms with van der Waals surface area (Å²) in [5.41, 5.74) is 1.22. The minimum atomic E-state index is -0.313. The smallest absolute Gasteiger partial charge is 0.260 e. The van der Waals surface area contributed by atoms with E-state index in [0.29, 0.717) is 39.0 Å². The molecule has 1 aromatic heterocycles. The van der Waals surface area contributed by atoms with Crippen molar-refractivity contribution in [2.24, 2.45) is 0 Å². The molecule has 0 aliphatic heterocycles. The molecule has 0 N–H and O–H groups in total. The molecule has 0 saturated carbocycles. The molecule has 0 bridgehead atoms. The number of anilines is 1. The van der Waals surface area contributed by atoms with Crippen LogP contribution in [0.5, 0.6) is 0 Å². The normalized spacial score (nSPS) is 11.2. The standard InChI is InChI=1S/C18H17ClFN3OS/c1-22(2)9-10-23(17(24)12-3-5-13(19)6-4-12)18-21-15-8-7-14(20)11-16(15)25-18/h3-8,11H,9-10H2,1-2H3. The Morgan fingerprint density at radius 2 is 1.88 bits per heavy atom. The highest BCUT2D eigenvalue weighted by molar-refractivity contribution is 7.22. The van der Waals surface area contributed by atoms with Crippen LogP contribution in [0.1, 0.15) is 10.4 Å². The summed E-state index contributed by atoms with van der Waals surface area (Å²) in [6, 6.07) is 11.2. The Balaban J connectivity index is 1.97. The van der Waals surface area contributed by atoms with Crippen LogP contribution in [0.4, 0.5) is 9.52 Å². The van der Waals surface area contributed by atoms with E-state index in [0.717, 1.165) is 0 Å². The Bertz CT molecular complexity index is 895. The topological polar surface area (TPSA) is 36.4 Å². The summed E-state index contributed by atoms with van der Waals surface area (Å²) in [7, 11) is 3.89. The molecule has 25 heavy (non-hydrogen) atoms. The van der Waals surface area contributed by atoms with Gasteiger partial charge in [0, 0.05) is 23.7 Å². The monoisotopic (exact) mass is 377 g/mol. The molecule has 1 amide bonds. The van der Waals surface area contributed by atoms with Crippen molar-refractivity contribution in [3.8, 4) is 0 Å². The lowest BCUT2D eigenvalue weighted by molar-refractivity contribution is 0.0985. The van der Waals surface area contributed by atoms with Gasteiger partial charge < -0.3 is 4.90 Å². The van der Waals surface area contributed by atoms with Crippen molar-refractivity contribution in [3.63, 3.8) is 0 Å². The third kappa shape index (κ3) is 4.15. The minimum Gasteiger partial charge on any atom is -0.308 e. The van der Waals surface area contributed by atoms with Gasteiger partial charge in [-0.2, -0.15) is 0 Å². The molecule has 0 unspecified atom stereocenters. The Kier molecular flexibility index (Phi) is 5.32. The first-order valence-electron chi connectivity index (χ1n) is 7.72. The van der Waals surface area contributed by atoms with Crippen LogP contribution in [0.15, 0.2) is 42.5 Å². The second-order valence-electron chi connectivity index (χ2n) is 5.88. The van der Waals surface area contributed by atoms with Crippen molar-refractivity contribution in [2.45, 2.75) is 0 Å². The zero-order valence-electron chi connectivity index (χ0n) is 13.9. The lowest BCUT2D eigenvalue weighted by Gasteiger charge is -2.22. The maximum atomic E-state index is 13.4. The van der Waals surface area contributed by atoms with Gasteiger partial charge in [0.05, 0.1) is 10.2 Å². The number of hydrogen-bond donors (Lipinski definition) is 0. The molecule has 1 heterocycles. The van der Waals surface area contributed by atoms with Crippen molar-refractivity contribution < 1.29 is 9.18 Å². The van der Waals surface area contributed by atoms with Gasteiger partial charge in [0.25, 0.3) is 5.91 Å². The highest BCUT2D eigenvalue weighted by Crippen LogP contribution is 2.30. The molecule has 0 aliphatic rings. The lowest BCUT2D eigenvalue weighted by Crippen LogP contribution is -2.36. The Morgan fingerprint density at radius 1 is 1.16 bits per heavy atom. The third-order valence-electron chi connectivity index (χ3n) is 3.68. The SMILES string of the molecule is CN(C)CCN(C(=O)c1ccc(Cl)cc1)c1nc2ccc(F)cc2s1. The van der Waals surface area contributed by atoms with Gasteiger partial charge in [-0.3, -0.25) is 9.69 Å². The molecule has 7 heteroatoms. The molecule has 0 spiro atoms. The lowest BCUT2D eigenvalue weighted by atomic mass is 10.2. The zero-order valence-corrected chi connectivity index (χ0v) is 15.4. The summed E-state index contributed by atoms with van der Waals surface area (Å²) < 4.78 is 14.2. The zero-order chi connectivity index (χ0) is 18.0. The van der Waals surface area contributed by atoms with Gasteiger partial charge in [0.2, 0.25) is 0 Å². The summed E-state index contributed by atoms with van der Waals surface area (Å²) in [6.45, 7) is 1.17. The number of nitrogens with zero attached hydrogens (tertiary/aromatic N) is 3. The highest BCUT2D eigenvalue weighted by atomic mass is 35.5. The van der Waals surface area contributed by atoms with Gasteiger partial charge >= 0.3 is 0 Å². The maximum Gasteiger partial charge on any atom is 0.260 e. The summed E-state index contributed by atoms with van der Waals surface area (Å²) in [4.78, 5) is 21.1. The molecule has 3 rings (SSSR count). The summed E-state index contributed by atoms with van der Waals surface area (Å²) >= 11 is 7.21. The van der Waals surface area contributed by atoms with E-state index in [-0.39, 0.29) is 11.7 Å². The van der Waals surface area contributed by atoms with Crippen LogP contribution < -0.4 is 4.90 Å². The first kappa shape index (κ1) is 17.8. The minimum absolute atomic E-state index is 0.155. The quantitative estimate of drug-likeness (QED) is 0.665. The van der Waals surface area contributed by atoms with Crippen LogP contribution in [-0.4, -0.2) is 43.0 Å². The average molecular weight is 378 g/mol. The molecule has 0 radical (unpaired) electrons. The fourth-order valence-electron chi connectivity index (χ4n) is 2.33. The predicted octanol–water partition coefficient (Wildman–Crippen LogP) is 4.30. The second kappa shape index (κ2) is 7.47. The molecule has 0 atom stereocenters. The number of benzene rings is 2. The highest BCUT2D eigenvalue weighted by Gasteiger charge is 2.21. The van der Waals surface area contributed by atoms with Crippen LogP contribution in [0.3, 0.4) is 0 Å². The number of hydrogen-bond acceptors (Lipinski definition) is 4. The van der Waals surface area contributed by atoms with Gasteiger partial charge in [-0.25, -0.2) is 9.37 Å². The summed E-state index contributed by atoms with van der Waals surface area (Å²) in [5, 5.41) is 1.13. The number of fused-ring (bicyclic) bond motifs is 1. The fraction of sp³-hybridized carbons (Fsp3) is 0.222. The van der Waals surface area contributed by atoms with Crippen molar-refractivity contribution >= 4 is 44.2 Å². The van der Waals surface area contributed by atoms with Gasteiger partial charge in [0.1, 0.15) is 5.82 Å². The van der Waals surface area contributed by atoms with E-state index >= 15 is 0 Å². The number of rotatable bonds is 5. The van der Waals surface area contributed by atoms with E-state index in [1.165, 1.54) is 23.5 Å². The van der Waals surface area contributed by atoms with Gasteiger partial charge in [-0.1, -0.05) is 22.9 Å². The van der Waals surface area contributed by atoms with Crippen molar-refractivity contribution in [2.75, 3.05) is 32.1 Å². The number of carbonyl (C=O) groups is 1. The fourth-order valence-corrected chi connectivity index (χ4v) is 3.47. The van der Waals surface area contributed by atoms with E-state index in [9.17, 15) is 9.18 Å². The largest absolute Gasteiger partial charge is 0.308 e. The molecule has 0 saturated heterocycles. The number of halogens is 2. The van der Waals surface area contributed by atoms with Crippen molar-refractivity contribution in [3.05, 3.63) is 58.9 Å². The van der Waals surface area contributed by atoms with E-state index in [1.807, 2.05) is 19.0 Å². The number of likely N-dealkylation sites (N-methyl/N-ethyl adjacent to an activating group) is 1. The average Bonchev–Trinajstić information content (AvgIpc) is 2.98. The van der Waals surface area contributed by atoms with Crippen LogP contribution >= 0.6 is 22.9 Å². The molecule has 2 aromatic carbocycles. The Labute approximate surface area is 154 Å². The summed E-state index contributed by atoms with van der Waals surface area (Å²) in [5.74, 6) is -0.468.